The quantitative estimate of drug-likeness (QED) is 0.315. The first kappa shape index (κ1) is 24.0. The normalized spacial score (nSPS) is 15.7. The van der Waals surface area contributed by atoms with E-state index in [9.17, 15) is 0 Å². The van der Waals surface area contributed by atoms with Crippen molar-refractivity contribution in [3.8, 4) is 0 Å². The minimum atomic E-state index is 0.115. The van der Waals surface area contributed by atoms with Crippen molar-refractivity contribution < 1.29 is 0 Å². The van der Waals surface area contributed by atoms with E-state index in [-0.39, 0.29) is 6.04 Å². The molecule has 34 heavy (non-hydrogen) atoms. The average molecular weight is 474 g/mol. The summed E-state index contributed by atoms with van der Waals surface area (Å²) in [6, 6.07) is 16.8. The minimum absolute atomic E-state index is 0.115. The van der Waals surface area contributed by atoms with Crippen molar-refractivity contribution in [2.75, 3.05) is 23.5 Å². The lowest BCUT2D eigenvalue weighted by Crippen LogP contribution is -2.38. The van der Waals surface area contributed by atoms with Gasteiger partial charge in [-0.2, -0.15) is 0 Å². The molecule has 4 rings (SSSR count). The van der Waals surface area contributed by atoms with Crippen LogP contribution >= 0.6 is 11.6 Å². The van der Waals surface area contributed by atoms with Crippen molar-refractivity contribution in [1.82, 2.24) is 15.4 Å². The lowest BCUT2D eigenvalue weighted by atomic mass is 10.0. The van der Waals surface area contributed by atoms with Crippen molar-refractivity contribution in [1.29, 1.82) is 0 Å². The van der Waals surface area contributed by atoms with Crippen LogP contribution in [0, 0.1) is 13.8 Å². The van der Waals surface area contributed by atoms with Gasteiger partial charge in [0.2, 0.25) is 0 Å². The summed E-state index contributed by atoms with van der Waals surface area (Å²) in [5.74, 6) is 0.883. The molecular formula is C28H32ClN5. The van der Waals surface area contributed by atoms with Crippen LogP contribution in [-0.2, 0) is 6.42 Å². The third-order valence-corrected chi connectivity index (χ3v) is 6.24. The molecule has 0 fully saturated rings. The molecule has 3 heterocycles. The number of pyridine rings is 2. The molecule has 1 aromatic carbocycles. The summed E-state index contributed by atoms with van der Waals surface area (Å²) in [6.07, 6.45) is 10.3. The number of hydrogen-bond acceptors (Lipinski definition) is 5. The number of anilines is 2. The second kappa shape index (κ2) is 10.9. The molecular weight excluding hydrogens is 442 g/mol. The Morgan fingerprint density at radius 2 is 2.00 bits per heavy atom. The molecule has 1 atom stereocenters. The van der Waals surface area contributed by atoms with Crippen LogP contribution in [0.25, 0.3) is 5.70 Å². The van der Waals surface area contributed by atoms with Gasteiger partial charge in [0.05, 0.1) is 11.7 Å². The number of aromatic nitrogens is 2. The summed E-state index contributed by atoms with van der Waals surface area (Å²) in [6.45, 7) is 7.25. The first-order valence-corrected chi connectivity index (χ1v) is 12.1. The van der Waals surface area contributed by atoms with Gasteiger partial charge in [-0.3, -0.25) is 5.01 Å². The molecule has 0 bridgehead atoms. The number of hydrazine groups is 1. The largest absolute Gasteiger partial charge is 0.374 e. The van der Waals surface area contributed by atoms with Gasteiger partial charge >= 0.3 is 0 Å². The highest BCUT2D eigenvalue weighted by Gasteiger charge is 2.27. The van der Waals surface area contributed by atoms with E-state index in [1.807, 2.05) is 43.5 Å². The molecule has 1 N–H and O–H groups in total. The second-order valence-electron chi connectivity index (χ2n) is 8.73. The smallest absolute Gasteiger partial charge is 0.147 e. The van der Waals surface area contributed by atoms with Gasteiger partial charge in [0, 0.05) is 31.2 Å². The van der Waals surface area contributed by atoms with Crippen molar-refractivity contribution in [2.24, 2.45) is 0 Å². The third kappa shape index (κ3) is 5.66. The fraction of sp³-hybridized carbons (Fsp3) is 0.286. The summed E-state index contributed by atoms with van der Waals surface area (Å²) in [4.78, 5) is 11.3. The number of halogens is 1. The SMILES string of the molecule is C/C=C/CCN(C)c1ccc(C2=CC(Cc3ccc(Cl)nc3)NN2c2cccc(C)n2)cc1C. The van der Waals surface area contributed by atoms with Gasteiger partial charge in [-0.1, -0.05) is 42.0 Å². The Balaban J connectivity index is 1.63. The lowest BCUT2D eigenvalue weighted by Gasteiger charge is -2.25. The molecule has 6 heteroatoms. The molecule has 176 valence electrons. The predicted octanol–water partition coefficient (Wildman–Crippen LogP) is 6.13. The van der Waals surface area contributed by atoms with E-state index in [2.05, 4.69) is 77.6 Å². The monoisotopic (exact) mass is 473 g/mol. The standard InChI is InChI=1S/C28H32ClN5/c1-5-6-7-15-33(4)25-13-12-23(16-20(25)2)26-18-24(17-22-11-14-27(29)30-19-22)32-34(26)28-10-8-9-21(3)31-28/h5-6,8-14,16,18-19,24,32H,7,15,17H2,1-4H3/b6-5+. The molecule has 0 aliphatic carbocycles. The second-order valence-corrected chi connectivity index (χ2v) is 9.12. The maximum atomic E-state index is 5.97. The van der Waals surface area contributed by atoms with Crippen molar-refractivity contribution in [3.63, 3.8) is 0 Å². The molecule has 1 aliphatic heterocycles. The minimum Gasteiger partial charge on any atom is -0.374 e. The van der Waals surface area contributed by atoms with E-state index >= 15 is 0 Å². The number of allylic oxidation sites excluding steroid dienone is 1. The van der Waals surface area contributed by atoms with Crippen LogP contribution < -0.4 is 15.3 Å². The maximum absolute atomic E-state index is 5.97. The topological polar surface area (TPSA) is 44.3 Å². The number of aryl methyl sites for hydroxylation is 2. The molecule has 2 aromatic heterocycles. The zero-order chi connectivity index (χ0) is 24.1. The van der Waals surface area contributed by atoms with Crippen LogP contribution in [0.4, 0.5) is 11.5 Å². The van der Waals surface area contributed by atoms with Crippen LogP contribution in [0.5, 0.6) is 0 Å². The fourth-order valence-electron chi connectivity index (χ4n) is 4.29. The summed E-state index contributed by atoms with van der Waals surface area (Å²) < 4.78 is 0. The first-order chi connectivity index (χ1) is 16.4. The number of nitrogens with one attached hydrogen (secondary N) is 1. The van der Waals surface area contributed by atoms with Gasteiger partial charge in [-0.05, 0) is 86.7 Å². The van der Waals surface area contributed by atoms with E-state index in [0.717, 1.165) is 47.7 Å². The van der Waals surface area contributed by atoms with Crippen molar-refractivity contribution in [2.45, 2.75) is 39.7 Å². The summed E-state index contributed by atoms with van der Waals surface area (Å²) >= 11 is 5.97. The van der Waals surface area contributed by atoms with Gasteiger partial charge in [0.15, 0.2) is 0 Å². The zero-order valence-corrected chi connectivity index (χ0v) is 21.0. The third-order valence-electron chi connectivity index (χ3n) is 6.01. The Bertz CT molecular complexity index is 1190. The highest BCUT2D eigenvalue weighted by Crippen LogP contribution is 2.32. The average Bonchev–Trinajstić information content (AvgIpc) is 3.24. The van der Waals surface area contributed by atoms with Gasteiger partial charge in [-0.25, -0.2) is 15.4 Å². The predicted molar refractivity (Wildman–Crippen MR) is 143 cm³/mol. The van der Waals surface area contributed by atoms with Crippen molar-refractivity contribution in [3.05, 3.63) is 100 Å². The molecule has 0 spiro atoms. The van der Waals surface area contributed by atoms with Crippen LogP contribution in [0.1, 0.15) is 35.7 Å². The zero-order valence-electron chi connectivity index (χ0n) is 20.3. The number of benzene rings is 1. The lowest BCUT2D eigenvalue weighted by molar-refractivity contribution is 0.630. The van der Waals surface area contributed by atoms with Crippen LogP contribution in [0.3, 0.4) is 0 Å². The Hall–Kier alpha value is -3.15. The van der Waals surface area contributed by atoms with E-state index in [4.69, 9.17) is 16.6 Å². The molecule has 0 amide bonds. The van der Waals surface area contributed by atoms with Gasteiger partial charge in [0.25, 0.3) is 0 Å². The Labute approximate surface area is 207 Å². The van der Waals surface area contributed by atoms with Crippen LogP contribution in [0.15, 0.2) is 73.0 Å². The van der Waals surface area contributed by atoms with E-state index in [0.29, 0.717) is 5.15 Å². The highest BCUT2D eigenvalue weighted by atomic mass is 35.5. The summed E-state index contributed by atoms with van der Waals surface area (Å²) in [5.41, 5.74) is 10.5. The number of nitrogens with zero attached hydrogens (tertiary/aromatic N) is 4. The number of rotatable bonds is 8. The Morgan fingerprint density at radius 3 is 2.71 bits per heavy atom. The van der Waals surface area contributed by atoms with E-state index in [1.165, 1.54) is 11.3 Å². The Morgan fingerprint density at radius 1 is 1.15 bits per heavy atom. The first-order valence-electron chi connectivity index (χ1n) is 11.7. The van der Waals surface area contributed by atoms with Gasteiger partial charge in [-0.15, -0.1) is 0 Å². The van der Waals surface area contributed by atoms with Crippen molar-refractivity contribution >= 4 is 28.8 Å². The van der Waals surface area contributed by atoms with Crippen LogP contribution in [-0.4, -0.2) is 29.6 Å². The fourth-order valence-corrected chi connectivity index (χ4v) is 4.40. The molecule has 5 nitrogen and oxygen atoms in total. The summed E-state index contributed by atoms with van der Waals surface area (Å²) in [7, 11) is 2.15. The van der Waals surface area contributed by atoms with E-state index in [1.54, 1.807) is 0 Å². The highest BCUT2D eigenvalue weighted by molar-refractivity contribution is 6.29. The number of hydrogen-bond donors (Lipinski definition) is 1. The molecule has 1 aliphatic rings. The molecule has 0 saturated carbocycles. The van der Waals surface area contributed by atoms with Crippen LogP contribution in [0.2, 0.25) is 5.15 Å². The molecule has 3 aromatic rings. The maximum Gasteiger partial charge on any atom is 0.147 e. The van der Waals surface area contributed by atoms with Gasteiger partial charge < -0.3 is 4.90 Å². The van der Waals surface area contributed by atoms with E-state index < -0.39 is 0 Å². The molecule has 0 saturated heterocycles. The molecule has 1 unspecified atom stereocenters. The Kier molecular flexibility index (Phi) is 7.66. The molecule has 0 radical (unpaired) electrons. The van der Waals surface area contributed by atoms with Gasteiger partial charge in [0.1, 0.15) is 11.0 Å². The summed E-state index contributed by atoms with van der Waals surface area (Å²) in [5, 5.41) is 2.61.